The van der Waals surface area contributed by atoms with E-state index in [4.69, 9.17) is 10.5 Å². The van der Waals surface area contributed by atoms with Crippen LogP contribution in [0.3, 0.4) is 0 Å². The highest BCUT2D eigenvalue weighted by molar-refractivity contribution is 5.80. The van der Waals surface area contributed by atoms with E-state index in [2.05, 4.69) is 46.1 Å². The molecule has 0 saturated carbocycles. The van der Waals surface area contributed by atoms with Gasteiger partial charge in [0.25, 0.3) is 0 Å². The van der Waals surface area contributed by atoms with E-state index in [1.165, 1.54) is 5.56 Å². The van der Waals surface area contributed by atoms with Crippen LogP contribution in [-0.2, 0) is 4.79 Å². The molecule has 1 aromatic rings. The molecule has 1 aromatic carbocycles. The number of methoxy groups -OCH3 is 1. The number of guanidine groups is 1. The Morgan fingerprint density at radius 3 is 2.79 bits per heavy atom. The quantitative estimate of drug-likeness (QED) is 0.488. The number of nitrogens with two attached hydrogens (primary N) is 1. The molecular formula is C22H37N5O2. The number of aliphatic imine (C=N–C) groups is 1. The van der Waals surface area contributed by atoms with E-state index < -0.39 is 0 Å². The van der Waals surface area contributed by atoms with Gasteiger partial charge in [-0.1, -0.05) is 26.0 Å². The molecule has 0 aromatic heterocycles. The van der Waals surface area contributed by atoms with Crippen LogP contribution in [0.2, 0.25) is 0 Å². The minimum Gasteiger partial charge on any atom is -0.497 e. The summed E-state index contributed by atoms with van der Waals surface area (Å²) >= 11 is 0. The molecule has 3 N–H and O–H groups in total. The topological polar surface area (TPSA) is 83.2 Å². The first kappa shape index (κ1) is 23.0. The van der Waals surface area contributed by atoms with Crippen LogP contribution >= 0.6 is 0 Å². The van der Waals surface area contributed by atoms with Gasteiger partial charge in [-0.15, -0.1) is 0 Å². The molecule has 1 saturated heterocycles. The average molecular weight is 404 g/mol. The molecule has 1 heterocycles. The third kappa shape index (κ3) is 6.63. The Balaban J connectivity index is 2.10. The first-order chi connectivity index (χ1) is 14.0. The number of benzene rings is 1. The number of hydrogen-bond donors (Lipinski definition) is 2. The highest BCUT2D eigenvalue weighted by Gasteiger charge is 2.25. The van der Waals surface area contributed by atoms with Crippen LogP contribution in [0.25, 0.3) is 0 Å². The number of carbonyl (C=O) groups is 1. The molecule has 2 rings (SSSR count). The van der Waals surface area contributed by atoms with Gasteiger partial charge in [-0.2, -0.15) is 0 Å². The molecule has 1 aliphatic rings. The molecular weight excluding hydrogens is 366 g/mol. The second-order valence-corrected chi connectivity index (χ2v) is 7.57. The van der Waals surface area contributed by atoms with Crippen molar-refractivity contribution in [1.82, 2.24) is 15.1 Å². The van der Waals surface area contributed by atoms with Gasteiger partial charge in [0.15, 0.2) is 5.96 Å². The maximum absolute atomic E-state index is 11.3. The number of amides is 1. The Kier molecular flexibility index (Phi) is 9.25. The molecule has 0 radical (unpaired) electrons. The average Bonchev–Trinajstić information content (AvgIpc) is 2.73. The number of carbonyl (C=O) groups excluding carboxylic acids is 1. The molecule has 162 valence electrons. The molecule has 29 heavy (non-hydrogen) atoms. The van der Waals surface area contributed by atoms with Crippen LogP contribution in [0, 0.1) is 5.92 Å². The number of piperidine rings is 1. The Morgan fingerprint density at radius 2 is 2.17 bits per heavy atom. The van der Waals surface area contributed by atoms with Crippen LogP contribution in [0.4, 0.5) is 0 Å². The lowest BCUT2D eigenvalue weighted by atomic mass is 9.95. The number of nitrogens with one attached hydrogen (secondary N) is 1. The van der Waals surface area contributed by atoms with Gasteiger partial charge in [0.05, 0.1) is 13.2 Å². The van der Waals surface area contributed by atoms with E-state index in [9.17, 15) is 4.79 Å². The fourth-order valence-corrected chi connectivity index (χ4v) is 4.20. The molecule has 0 aliphatic carbocycles. The first-order valence-electron chi connectivity index (χ1n) is 10.6. The zero-order chi connectivity index (χ0) is 21.2. The maximum atomic E-state index is 11.3. The van der Waals surface area contributed by atoms with Crippen LogP contribution in [0.5, 0.6) is 5.75 Å². The number of hydrogen-bond acceptors (Lipinski definition) is 4. The fourth-order valence-electron chi connectivity index (χ4n) is 4.20. The lowest BCUT2D eigenvalue weighted by molar-refractivity contribution is -0.119. The second-order valence-electron chi connectivity index (χ2n) is 7.57. The highest BCUT2D eigenvalue weighted by atomic mass is 16.5. The van der Waals surface area contributed by atoms with E-state index in [-0.39, 0.29) is 11.9 Å². The summed E-state index contributed by atoms with van der Waals surface area (Å²) < 4.78 is 5.43. The third-order valence-corrected chi connectivity index (χ3v) is 5.71. The Morgan fingerprint density at radius 1 is 1.41 bits per heavy atom. The number of likely N-dealkylation sites (tertiary alicyclic amines) is 1. The van der Waals surface area contributed by atoms with Gasteiger partial charge in [0.2, 0.25) is 5.91 Å². The normalized spacial score (nSPS) is 18.6. The predicted octanol–water partition coefficient (Wildman–Crippen LogP) is 2.24. The summed E-state index contributed by atoms with van der Waals surface area (Å²) in [4.78, 5) is 20.5. The van der Waals surface area contributed by atoms with Crippen molar-refractivity contribution in [2.45, 2.75) is 39.2 Å². The van der Waals surface area contributed by atoms with E-state index in [1.807, 2.05) is 19.2 Å². The molecule has 0 spiro atoms. The van der Waals surface area contributed by atoms with E-state index >= 15 is 0 Å². The van der Waals surface area contributed by atoms with Crippen molar-refractivity contribution in [2.24, 2.45) is 16.6 Å². The van der Waals surface area contributed by atoms with Crippen molar-refractivity contribution in [1.29, 1.82) is 0 Å². The molecule has 0 bridgehead atoms. The minimum atomic E-state index is -0.223. The van der Waals surface area contributed by atoms with Gasteiger partial charge in [-0.25, -0.2) is 0 Å². The summed E-state index contributed by atoms with van der Waals surface area (Å²) in [5.74, 6) is 1.84. The van der Waals surface area contributed by atoms with Crippen LogP contribution < -0.4 is 15.8 Å². The number of ether oxygens (including phenoxy) is 1. The molecule has 1 fully saturated rings. The Hall–Kier alpha value is -2.28. The lowest BCUT2D eigenvalue weighted by Crippen LogP contribution is -2.49. The Bertz CT molecular complexity index is 675. The molecule has 1 amide bonds. The van der Waals surface area contributed by atoms with Gasteiger partial charge in [0, 0.05) is 33.1 Å². The summed E-state index contributed by atoms with van der Waals surface area (Å²) in [7, 11) is 3.52. The zero-order valence-corrected chi connectivity index (χ0v) is 18.4. The molecule has 7 heteroatoms. The molecule has 1 aliphatic heterocycles. The van der Waals surface area contributed by atoms with Gasteiger partial charge >= 0.3 is 0 Å². The van der Waals surface area contributed by atoms with Crippen molar-refractivity contribution in [3.8, 4) is 5.75 Å². The van der Waals surface area contributed by atoms with Crippen molar-refractivity contribution in [2.75, 3.05) is 46.9 Å². The lowest BCUT2D eigenvalue weighted by Gasteiger charge is -2.36. The van der Waals surface area contributed by atoms with Crippen molar-refractivity contribution in [3.05, 3.63) is 29.8 Å². The smallest absolute Gasteiger partial charge is 0.217 e. The molecule has 2 atom stereocenters. The standard InChI is InChI=1S/C22H37N5O2/c1-5-26(6-2)20(18-10-7-11-19(14-18)29-4)15-25-22(24-3)27-12-8-9-17(16-27)13-21(23)28/h7,10-11,14,17,20H,5-6,8-9,12-13,15-16H2,1-4H3,(H2,23,28)(H,24,25). The van der Waals surface area contributed by atoms with Gasteiger partial charge in [-0.05, 0) is 49.5 Å². The molecule has 2 unspecified atom stereocenters. The van der Waals surface area contributed by atoms with Crippen LogP contribution in [0.15, 0.2) is 29.3 Å². The number of likely N-dealkylation sites (N-methyl/N-ethyl adjacent to an activating group) is 1. The predicted molar refractivity (Wildman–Crippen MR) is 118 cm³/mol. The fraction of sp³-hybridized carbons (Fsp3) is 0.636. The van der Waals surface area contributed by atoms with Gasteiger partial charge < -0.3 is 20.7 Å². The zero-order valence-electron chi connectivity index (χ0n) is 18.4. The van der Waals surface area contributed by atoms with Crippen LogP contribution in [-0.4, -0.2) is 68.5 Å². The minimum absolute atomic E-state index is 0.211. The van der Waals surface area contributed by atoms with Crippen molar-refractivity contribution < 1.29 is 9.53 Å². The maximum Gasteiger partial charge on any atom is 0.217 e. The number of primary amides is 1. The SMILES string of the molecule is CCN(CC)C(CNC(=NC)N1CCCC(CC(N)=O)C1)c1cccc(OC)c1. The summed E-state index contributed by atoms with van der Waals surface area (Å²) in [5, 5.41) is 3.58. The largest absolute Gasteiger partial charge is 0.497 e. The third-order valence-electron chi connectivity index (χ3n) is 5.71. The number of nitrogens with zero attached hydrogens (tertiary/aromatic N) is 3. The first-order valence-corrected chi connectivity index (χ1v) is 10.6. The monoisotopic (exact) mass is 403 g/mol. The van der Waals surface area contributed by atoms with Gasteiger partial charge in [0.1, 0.15) is 5.75 Å². The highest BCUT2D eigenvalue weighted by Crippen LogP contribution is 2.24. The van der Waals surface area contributed by atoms with Gasteiger partial charge in [-0.3, -0.25) is 14.7 Å². The van der Waals surface area contributed by atoms with Crippen LogP contribution in [0.1, 0.15) is 44.7 Å². The summed E-state index contributed by atoms with van der Waals surface area (Å²) in [6.45, 7) is 8.81. The van der Waals surface area contributed by atoms with E-state index in [0.717, 1.165) is 57.3 Å². The summed E-state index contributed by atoms with van der Waals surface area (Å²) in [6, 6.07) is 8.49. The van der Waals surface area contributed by atoms with Crippen molar-refractivity contribution >= 4 is 11.9 Å². The van der Waals surface area contributed by atoms with E-state index in [0.29, 0.717) is 12.3 Å². The molecule has 7 nitrogen and oxygen atoms in total. The Labute approximate surface area is 175 Å². The summed E-state index contributed by atoms with van der Waals surface area (Å²) in [6.07, 6.45) is 2.54. The van der Waals surface area contributed by atoms with Crippen molar-refractivity contribution in [3.63, 3.8) is 0 Å². The van der Waals surface area contributed by atoms with E-state index in [1.54, 1.807) is 7.11 Å². The summed E-state index contributed by atoms with van der Waals surface area (Å²) in [5.41, 5.74) is 6.63. The second kappa shape index (κ2) is 11.7. The number of rotatable bonds is 9.